The summed E-state index contributed by atoms with van der Waals surface area (Å²) in [6.07, 6.45) is 3.09. The first-order valence-electron chi connectivity index (χ1n) is 6.66. The van der Waals surface area contributed by atoms with Crippen LogP contribution in [0.5, 0.6) is 5.75 Å². The van der Waals surface area contributed by atoms with Gasteiger partial charge in [-0.15, -0.1) is 11.3 Å². The van der Waals surface area contributed by atoms with Crippen molar-refractivity contribution in [3.63, 3.8) is 0 Å². The molecule has 22 heavy (non-hydrogen) atoms. The van der Waals surface area contributed by atoms with Gasteiger partial charge in [-0.25, -0.2) is 4.79 Å². The van der Waals surface area contributed by atoms with E-state index in [2.05, 4.69) is 0 Å². The van der Waals surface area contributed by atoms with E-state index in [0.717, 1.165) is 4.88 Å². The molecule has 0 atom stereocenters. The molecule has 0 saturated carbocycles. The maximum Gasteiger partial charge on any atom is 0.331 e. The fourth-order valence-corrected chi connectivity index (χ4v) is 2.46. The molecule has 0 aliphatic rings. The lowest BCUT2D eigenvalue weighted by Crippen LogP contribution is -2.04. The van der Waals surface area contributed by atoms with Crippen molar-refractivity contribution in [2.24, 2.45) is 0 Å². The third kappa shape index (κ3) is 4.30. The van der Waals surface area contributed by atoms with Gasteiger partial charge in [-0.05, 0) is 42.6 Å². The summed E-state index contributed by atoms with van der Waals surface area (Å²) in [5.41, 5.74) is 1.22. The molecule has 0 aliphatic carbocycles. The van der Waals surface area contributed by atoms with Crippen LogP contribution in [0.4, 0.5) is 0 Å². The number of methoxy groups -OCH3 is 1. The van der Waals surface area contributed by atoms with E-state index in [-0.39, 0.29) is 12.4 Å². The van der Waals surface area contributed by atoms with E-state index in [0.29, 0.717) is 16.9 Å². The van der Waals surface area contributed by atoms with Crippen LogP contribution in [0.15, 0.2) is 41.8 Å². The van der Waals surface area contributed by atoms with Crippen molar-refractivity contribution in [1.29, 1.82) is 0 Å². The molecule has 0 saturated heterocycles. The minimum atomic E-state index is -0.441. The maximum absolute atomic E-state index is 11.7. The Kier molecular flexibility index (Phi) is 5.49. The van der Waals surface area contributed by atoms with Gasteiger partial charge in [-0.3, -0.25) is 4.79 Å². The van der Waals surface area contributed by atoms with E-state index < -0.39 is 5.97 Å². The van der Waals surface area contributed by atoms with Crippen LogP contribution in [0.25, 0.3) is 6.08 Å². The standard InChI is InChI=1S/C17H16O4S/c1-12(18)13-5-7-16(20-2)14(10-13)11-21-17(19)8-6-15-4-3-9-22-15/h3-10H,11H2,1-2H3/b8-6+. The van der Waals surface area contributed by atoms with E-state index in [4.69, 9.17) is 9.47 Å². The Morgan fingerprint density at radius 1 is 1.27 bits per heavy atom. The number of ketones is 1. The number of ether oxygens (including phenoxy) is 2. The molecule has 0 unspecified atom stereocenters. The second kappa shape index (κ2) is 7.56. The predicted octanol–water partition coefficient (Wildman–Crippen LogP) is 3.72. The Bertz CT molecular complexity index is 687. The van der Waals surface area contributed by atoms with Crippen molar-refractivity contribution in [3.8, 4) is 5.75 Å². The molecule has 4 nitrogen and oxygen atoms in total. The van der Waals surface area contributed by atoms with Crippen LogP contribution in [0.1, 0.15) is 27.7 Å². The summed E-state index contributed by atoms with van der Waals surface area (Å²) in [4.78, 5) is 24.1. The van der Waals surface area contributed by atoms with Gasteiger partial charge in [0.2, 0.25) is 0 Å². The first kappa shape index (κ1) is 16.0. The summed E-state index contributed by atoms with van der Waals surface area (Å²) in [7, 11) is 1.53. The van der Waals surface area contributed by atoms with Gasteiger partial charge in [0.25, 0.3) is 0 Å². The Morgan fingerprint density at radius 3 is 2.73 bits per heavy atom. The minimum absolute atomic E-state index is 0.0483. The van der Waals surface area contributed by atoms with Crippen LogP contribution >= 0.6 is 11.3 Å². The van der Waals surface area contributed by atoms with Crippen molar-refractivity contribution in [3.05, 3.63) is 57.8 Å². The van der Waals surface area contributed by atoms with Gasteiger partial charge in [0.1, 0.15) is 12.4 Å². The maximum atomic E-state index is 11.7. The van der Waals surface area contributed by atoms with Crippen LogP contribution in [-0.4, -0.2) is 18.9 Å². The number of hydrogen-bond acceptors (Lipinski definition) is 5. The van der Waals surface area contributed by atoms with Crippen LogP contribution in [0.2, 0.25) is 0 Å². The number of thiophene rings is 1. The molecular weight excluding hydrogens is 300 g/mol. The van der Waals surface area contributed by atoms with Crippen LogP contribution in [0, 0.1) is 0 Å². The average molecular weight is 316 g/mol. The van der Waals surface area contributed by atoms with Gasteiger partial charge in [0.15, 0.2) is 5.78 Å². The molecule has 0 aliphatic heterocycles. The van der Waals surface area contributed by atoms with Gasteiger partial charge >= 0.3 is 5.97 Å². The fourth-order valence-electron chi connectivity index (χ4n) is 1.84. The highest BCUT2D eigenvalue weighted by molar-refractivity contribution is 7.10. The van der Waals surface area contributed by atoms with Crippen LogP contribution in [-0.2, 0) is 16.1 Å². The van der Waals surface area contributed by atoms with E-state index in [1.807, 2.05) is 17.5 Å². The zero-order valence-electron chi connectivity index (χ0n) is 12.4. The summed E-state index contributed by atoms with van der Waals surface area (Å²) >= 11 is 1.54. The Balaban J connectivity index is 2.02. The number of carbonyl (C=O) groups is 2. The number of esters is 1. The molecule has 0 amide bonds. The first-order valence-corrected chi connectivity index (χ1v) is 7.54. The number of carbonyl (C=O) groups excluding carboxylic acids is 2. The molecule has 2 rings (SSSR count). The molecule has 5 heteroatoms. The highest BCUT2D eigenvalue weighted by Gasteiger charge is 2.09. The third-order valence-corrected chi connectivity index (χ3v) is 3.82. The van der Waals surface area contributed by atoms with Gasteiger partial charge in [-0.2, -0.15) is 0 Å². The van der Waals surface area contributed by atoms with Crippen molar-refractivity contribution in [1.82, 2.24) is 0 Å². The molecule has 0 N–H and O–H groups in total. The highest BCUT2D eigenvalue weighted by atomic mass is 32.1. The zero-order chi connectivity index (χ0) is 15.9. The Morgan fingerprint density at radius 2 is 2.09 bits per heavy atom. The summed E-state index contributed by atoms with van der Waals surface area (Å²) in [6, 6.07) is 8.88. The zero-order valence-corrected chi connectivity index (χ0v) is 13.2. The SMILES string of the molecule is COc1ccc(C(C)=O)cc1COC(=O)/C=C/c1cccs1. The van der Waals surface area contributed by atoms with E-state index in [9.17, 15) is 9.59 Å². The second-order valence-electron chi connectivity index (χ2n) is 4.54. The van der Waals surface area contributed by atoms with E-state index in [1.54, 1.807) is 24.3 Å². The molecule has 1 aromatic heterocycles. The average Bonchev–Trinajstić information content (AvgIpc) is 3.03. The van der Waals surface area contributed by atoms with E-state index in [1.165, 1.54) is 31.4 Å². The lowest BCUT2D eigenvalue weighted by Gasteiger charge is -2.09. The van der Waals surface area contributed by atoms with Crippen molar-refractivity contribution < 1.29 is 19.1 Å². The normalized spacial score (nSPS) is 10.6. The summed E-state index contributed by atoms with van der Waals surface area (Å²) in [5, 5.41) is 1.93. The van der Waals surface area contributed by atoms with Crippen molar-refractivity contribution >= 4 is 29.2 Å². The second-order valence-corrected chi connectivity index (χ2v) is 5.52. The van der Waals surface area contributed by atoms with Crippen molar-refractivity contribution in [2.45, 2.75) is 13.5 Å². The van der Waals surface area contributed by atoms with Crippen molar-refractivity contribution in [2.75, 3.05) is 7.11 Å². The molecule has 114 valence electrons. The molecule has 2 aromatic rings. The summed E-state index contributed by atoms with van der Waals surface area (Å²) in [5.74, 6) is 0.0940. The largest absolute Gasteiger partial charge is 0.496 e. The quantitative estimate of drug-likeness (QED) is 0.463. The van der Waals surface area contributed by atoms with Gasteiger partial charge in [0.05, 0.1) is 7.11 Å². The molecule has 0 fully saturated rings. The van der Waals surface area contributed by atoms with Crippen LogP contribution in [0.3, 0.4) is 0 Å². The highest BCUT2D eigenvalue weighted by Crippen LogP contribution is 2.21. The van der Waals surface area contributed by atoms with Crippen LogP contribution < -0.4 is 4.74 Å². The molecule has 1 heterocycles. The molecule has 0 spiro atoms. The fraction of sp³-hybridized carbons (Fsp3) is 0.176. The molecule has 0 radical (unpaired) electrons. The molecule has 1 aromatic carbocycles. The number of Topliss-reactive ketones (excluding diaryl/α,β-unsaturated/α-hetero) is 1. The topological polar surface area (TPSA) is 52.6 Å². The number of hydrogen-bond donors (Lipinski definition) is 0. The number of benzene rings is 1. The monoisotopic (exact) mass is 316 g/mol. The smallest absolute Gasteiger partial charge is 0.331 e. The minimum Gasteiger partial charge on any atom is -0.496 e. The summed E-state index contributed by atoms with van der Waals surface area (Å²) in [6.45, 7) is 1.54. The summed E-state index contributed by atoms with van der Waals surface area (Å²) < 4.78 is 10.4. The lowest BCUT2D eigenvalue weighted by atomic mass is 10.1. The van der Waals surface area contributed by atoms with Gasteiger partial charge in [0, 0.05) is 22.1 Å². The third-order valence-electron chi connectivity index (χ3n) is 2.98. The Labute approximate surface area is 133 Å². The predicted molar refractivity (Wildman–Crippen MR) is 86.1 cm³/mol. The first-order chi connectivity index (χ1) is 10.6. The van der Waals surface area contributed by atoms with Gasteiger partial charge < -0.3 is 9.47 Å². The van der Waals surface area contributed by atoms with Gasteiger partial charge in [-0.1, -0.05) is 6.07 Å². The van der Waals surface area contributed by atoms with E-state index >= 15 is 0 Å². The molecule has 0 bridgehead atoms. The lowest BCUT2D eigenvalue weighted by molar-refractivity contribution is -0.138. The molecular formula is C17H16O4S. The Hall–Kier alpha value is -2.40. The number of rotatable bonds is 6.